The summed E-state index contributed by atoms with van der Waals surface area (Å²) in [6.45, 7) is 5.26. The van der Waals surface area contributed by atoms with Crippen LogP contribution in [0.15, 0.2) is 54.6 Å². The number of methoxy groups -OCH3 is 1. The number of amides is 2. The molecule has 0 aliphatic carbocycles. The average molecular weight is 436 g/mol. The summed E-state index contributed by atoms with van der Waals surface area (Å²) in [7, 11) is 5.65. The summed E-state index contributed by atoms with van der Waals surface area (Å²) in [5.41, 5.74) is 8.08. The van der Waals surface area contributed by atoms with Crippen LogP contribution in [0.25, 0.3) is 5.69 Å². The van der Waals surface area contributed by atoms with Crippen LogP contribution in [0.3, 0.4) is 0 Å². The molecule has 8 heteroatoms. The van der Waals surface area contributed by atoms with Crippen molar-refractivity contribution in [2.24, 2.45) is 5.73 Å². The molecule has 0 saturated carbocycles. The summed E-state index contributed by atoms with van der Waals surface area (Å²) in [5, 5.41) is 7.13. The number of carbonyl (C=O) groups is 2. The number of primary amides is 1. The van der Waals surface area contributed by atoms with E-state index >= 15 is 0 Å². The fourth-order valence-corrected chi connectivity index (χ4v) is 3.67. The molecule has 3 rings (SSSR count). The standard InChI is InChI=1S/C24H29N5O3/c1-24(2,15-28(3)4)16-6-8-17(9-7-16)26-23(31)20-14-21(22(25)30)29(27-20)18-10-12-19(32-5)13-11-18/h6-14H,15H2,1-5H3,(H2,25,30)(H,26,31). The lowest BCUT2D eigenvalue weighted by atomic mass is 9.84. The van der Waals surface area contributed by atoms with Gasteiger partial charge in [0.1, 0.15) is 11.4 Å². The second kappa shape index (κ2) is 9.23. The van der Waals surface area contributed by atoms with Crippen LogP contribution >= 0.6 is 0 Å². The van der Waals surface area contributed by atoms with Gasteiger partial charge in [0.05, 0.1) is 12.8 Å². The number of benzene rings is 2. The summed E-state index contributed by atoms with van der Waals surface area (Å²) >= 11 is 0. The summed E-state index contributed by atoms with van der Waals surface area (Å²) < 4.78 is 6.50. The van der Waals surface area contributed by atoms with Gasteiger partial charge in [-0.15, -0.1) is 0 Å². The first-order chi connectivity index (χ1) is 15.1. The number of nitrogens with one attached hydrogen (secondary N) is 1. The highest BCUT2D eigenvalue weighted by molar-refractivity contribution is 6.04. The highest BCUT2D eigenvalue weighted by Crippen LogP contribution is 2.25. The number of ether oxygens (including phenoxy) is 1. The Bertz CT molecular complexity index is 1100. The predicted molar refractivity (Wildman–Crippen MR) is 125 cm³/mol. The van der Waals surface area contributed by atoms with Gasteiger partial charge >= 0.3 is 0 Å². The van der Waals surface area contributed by atoms with Gasteiger partial charge in [-0.3, -0.25) is 9.59 Å². The molecule has 1 heterocycles. The van der Waals surface area contributed by atoms with Crippen LogP contribution in [0.2, 0.25) is 0 Å². The second-order valence-electron chi connectivity index (χ2n) is 8.54. The van der Waals surface area contributed by atoms with Crippen molar-refractivity contribution < 1.29 is 14.3 Å². The molecule has 32 heavy (non-hydrogen) atoms. The highest BCUT2D eigenvalue weighted by Gasteiger charge is 2.22. The van der Waals surface area contributed by atoms with Crippen LogP contribution in [-0.4, -0.2) is 54.2 Å². The molecule has 0 atom stereocenters. The van der Waals surface area contributed by atoms with Gasteiger partial charge in [0, 0.05) is 23.7 Å². The monoisotopic (exact) mass is 435 g/mol. The topological polar surface area (TPSA) is 102 Å². The Morgan fingerprint density at radius 3 is 2.25 bits per heavy atom. The van der Waals surface area contributed by atoms with Gasteiger partial charge in [-0.2, -0.15) is 5.10 Å². The Kier molecular flexibility index (Phi) is 6.64. The number of nitrogens with two attached hydrogens (primary N) is 1. The Morgan fingerprint density at radius 1 is 1.09 bits per heavy atom. The number of hydrogen-bond donors (Lipinski definition) is 2. The third kappa shape index (κ3) is 5.15. The molecular formula is C24H29N5O3. The molecule has 0 aliphatic rings. The summed E-state index contributed by atoms with van der Waals surface area (Å²) in [5.74, 6) is -0.448. The normalized spacial score (nSPS) is 11.4. The number of rotatable bonds is 8. The molecule has 0 saturated heterocycles. The third-order valence-electron chi connectivity index (χ3n) is 5.15. The molecule has 1 aromatic heterocycles. The van der Waals surface area contributed by atoms with Gasteiger partial charge in [-0.1, -0.05) is 26.0 Å². The minimum atomic E-state index is -0.681. The average Bonchev–Trinajstić information content (AvgIpc) is 3.19. The van der Waals surface area contributed by atoms with Crippen molar-refractivity contribution in [2.45, 2.75) is 19.3 Å². The zero-order chi connectivity index (χ0) is 23.5. The Balaban J connectivity index is 1.81. The van der Waals surface area contributed by atoms with Crippen LogP contribution in [0.1, 0.15) is 40.4 Å². The molecule has 3 aromatic rings. The molecule has 0 aliphatic heterocycles. The molecular weight excluding hydrogens is 406 g/mol. The first kappa shape index (κ1) is 23.0. The van der Waals surface area contributed by atoms with Crippen LogP contribution in [0.4, 0.5) is 5.69 Å². The molecule has 0 fully saturated rings. The van der Waals surface area contributed by atoms with E-state index in [1.165, 1.54) is 16.3 Å². The number of carbonyl (C=O) groups excluding carboxylic acids is 2. The lowest BCUT2D eigenvalue weighted by Crippen LogP contribution is -2.32. The van der Waals surface area contributed by atoms with Gasteiger partial charge in [-0.05, 0) is 56.1 Å². The molecule has 2 aromatic carbocycles. The third-order valence-corrected chi connectivity index (χ3v) is 5.15. The second-order valence-corrected chi connectivity index (χ2v) is 8.54. The number of aromatic nitrogens is 2. The molecule has 8 nitrogen and oxygen atoms in total. The maximum atomic E-state index is 12.8. The maximum absolute atomic E-state index is 12.8. The van der Waals surface area contributed by atoms with E-state index in [1.807, 2.05) is 38.4 Å². The van der Waals surface area contributed by atoms with Crippen molar-refractivity contribution in [2.75, 3.05) is 33.1 Å². The Morgan fingerprint density at radius 2 is 1.72 bits per heavy atom. The number of nitrogens with zero attached hydrogens (tertiary/aromatic N) is 3. The fraction of sp³-hybridized carbons (Fsp3) is 0.292. The smallest absolute Gasteiger partial charge is 0.276 e. The quantitative estimate of drug-likeness (QED) is 0.566. The minimum Gasteiger partial charge on any atom is -0.497 e. The fourth-order valence-electron chi connectivity index (χ4n) is 3.67. The molecule has 0 bridgehead atoms. The number of hydrogen-bond acceptors (Lipinski definition) is 5. The summed E-state index contributed by atoms with van der Waals surface area (Å²) in [6.07, 6.45) is 0. The van der Waals surface area contributed by atoms with E-state index in [0.29, 0.717) is 17.1 Å². The van der Waals surface area contributed by atoms with Crippen LogP contribution < -0.4 is 15.8 Å². The SMILES string of the molecule is COc1ccc(-n2nc(C(=O)Nc3ccc(C(C)(C)CN(C)C)cc3)cc2C(N)=O)cc1. The summed E-state index contributed by atoms with van der Waals surface area (Å²) in [6, 6.07) is 16.1. The lowest BCUT2D eigenvalue weighted by Gasteiger charge is -2.29. The number of anilines is 1. The van der Waals surface area contributed by atoms with Gasteiger partial charge in [0.2, 0.25) is 0 Å². The highest BCUT2D eigenvalue weighted by atomic mass is 16.5. The van der Waals surface area contributed by atoms with Gasteiger partial charge in [0.25, 0.3) is 11.8 Å². The van der Waals surface area contributed by atoms with Crippen LogP contribution in [0.5, 0.6) is 5.75 Å². The molecule has 3 N–H and O–H groups in total. The first-order valence-electron chi connectivity index (χ1n) is 10.2. The van der Waals surface area contributed by atoms with Gasteiger partial charge in [-0.25, -0.2) is 4.68 Å². The molecule has 168 valence electrons. The van der Waals surface area contributed by atoms with E-state index < -0.39 is 11.8 Å². The zero-order valence-electron chi connectivity index (χ0n) is 19.0. The molecule has 2 amide bonds. The minimum absolute atomic E-state index is 0.0282. The molecule has 0 unspecified atom stereocenters. The maximum Gasteiger partial charge on any atom is 0.276 e. The number of likely N-dealkylation sites (N-methyl/N-ethyl adjacent to an activating group) is 1. The van der Waals surface area contributed by atoms with Crippen LogP contribution in [-0.2, 0) is 5.41 Å². The predicted octanol–water partition coefficient (Wildman–Crippen LogP) is 3.07. The van der Waals surface area contributed by atoms with E-state index in [0.717, 1.165) is 6.54 Å². The van der Waals surface area contributed by atoms with Gasteiger partial charge < -0.3 is 20.7 Å². The van der Waals surface area contributed by atoms with Gasteiger partial charge in [0.15, 0.2) is 5.69 Å². The van der Waals surface area contributed by atoms with Crippen molar-refractivity contribution in [3.05, 3.63) is 71.5 Å². The van der Waals surface area contributed by atoms with Crippen LogP contribution in [0, 0.1) is 0 Å². The zero-order valence-corrected chi connectivity index (χ0v) is 19.0. The molecule has 0 spiro atoms. The Hall–Kier alpha value is -3.65. The van der Waals surface area contributed by atoms with Crippen molar-refractivity contribution >= 4 is 17.5 Å². The van der Waals surface area contributed by atoms with E-state index in [4.69, 9.17) is 10.5 Å². The van der Waals surface area contributed by atoms with Crippen molar-refractivity contribution in [3.8, 4) is 11.4 Å². The van der Waals surface area contributed by atoms with E-state index in [9.17, 15) is 9.59 Å². The first-order valence-corrected chi connectivity index (χ1v) is 10.2. The van der Waals surface area contributed by atoms with E-state index in [2.05, 4.69) is 29.2 Å². The molecule has 0 radical (unpaired) electrons. The summed E-state index contributed by atoms with van der Waals surface area (Å²) in [4.78, 5) is 26.9. The van der Waals surface area contributed by atoms with Crippen molar-refractivity contribution in [1.82, 2.24) is 14.7 Å². The Labute approximate surface area is 188 Å². The van der Waals surface area contributed by atoms with Crippen molar-refractivity contribution in [3.63, 3.8) is 0 Å². The van der Waals surface area contributed by atoms with E-state index in [1.54, 1.807) is 31.4 Å². The van der Waals surface area contributed by atoms with Crippen molar-refractivity contribution in [1.29, 1.82) is 0 Å². The lowest BCUT2D eigenvalue weighted by molar-refractivity contribution is 0.0991. The van der Waals surface area contributed by atoms with E-state index in [-0.39, 0.29) is 16.8 Å². The largest absolute Gasteiger partial charge is 0.497 e.